The molecular weight excluding hydrogens is 154 g/mol. The number of rotatable bonds is 0. The molecule has 1 aliphatic rings. The van der Waals surface area contributed by atoms with Crippen LogP contribution in [-0.2, 0) is 0 Å². The molecule has 0 aliphatic carbocycles. The maximum atomic E-state index is 3.91. The third kappa shape index (κ3) is 2.21. The van der Waals surface area contributed by atoms with Gasteiger partial charge in [0.2, 0.25) is 0 Å². The standard InChI is InChI=1S/C7H19NSi2/c1-9(2)6-5-7-10(3,4)8-9/h8H,5-7H2,1-4H3. The highest BCUT2D eigenvalue weighted by atomic mass is 28.4. The van der Waals surface area contributed by atoms with Crippen molar-refractivity contribution in [3.05, 3.63) is 0 Å². The van der Waals surface area contributed by atoms with Crippen molar-refractivity contribution in [3.63, 3.8) is 0 Å². The van der Waals surface area contributed by atoms with E-state index in [1.165, 1.54) is 18.5 Å². The lowest BCUT2D eigenvalue weighted by Crippen LogP contribution is -2.61. The average Bonchev–Trinajstić information content (AvgIpc) is 1.56. The second-order valence-corrected chi connectivity index (χ2v) is 14.3. The van der Waals surface area contributed by atoms with Gasteiger partial charge in [-0.25, -0.2) is 0 Å². The summed E-state index contributed by atoms with van der Waals surface area (Å²) in [5, 5.41) is 0. The first kappa shape index (κ1) is 8.49. The smallest absolute Gasteiger partial charge is 0.112 e. The van der Waals surface area contributed by atoms with Crippen molar-refractivity contribution < 1.29 is 0 Å². The summed E-state index contributed by atoms with van der Waals surface area (Å²) in [6, 6.07) is 2.98. The second kappa shape index (κ2) is 2.46. The minimum absolute atomic E-state index is 0.914. The first-order valence-corrected chi connectivity index (χ1v) is 10.6. The number of hydrogen-bond acceptors (Lipinski definition) is 1. The predicted octanol–water partition coefficient (Wildman–Crippen LogP) is 2.39. The lowest BCUT2D eigenvalue weighted by molar-refractivity contribution is 0.936. The lowest BCUT2D eigenvalue weighted by Gasteiger charge is -2.39. The molecule has 1 fully saturated rings. The van der Waals surface area contributed by atoms with E-state index in [-0.39, 0.29) is 0 Å². The molecule has 0 spiro atoms. The van der Waals surface area contributed by atoms with Gasteiger partial charge in [0, 0.05) is 0 Å². The van der Waals surface area contributed by atoms with Crippen molar-refractivity contribution in [2.45, 2.75) is 44.7 Å². The molecule has 1 nitrogen and oxygen atoms in total. The van der Waals surface area contributed by atoms with E-state index < -0.39 is 16.5 Å². The molecule has 0 aromatic carbocycles. The van der Waals surface area contributed by atoms with Crippen LogP contribution in [0.15, 0.2) is 0 Å². The molecule has 0 bridgehead atoms. The molecule has 0 radical (unpaired) electrons. The zero-order chi connectivity index (χ0) is 7.83. The van der Waals surface area contributed by atoms with Gasteiger partial charge in [-0.1, -0.05) is 32.6 Å². The molecule has 3 heteroatoms. The Morgan fingerprint density at radius 1 is 0.900 bits per heavy atom. The summed E-state index contributed by atoms with van der Waals surface area (Å²) < 4.78 is 3.91. The van der Waals surface area contributed by atoms with E-state index in [1.807, 2.05) is 0 Å². The summed E-state index contributed by atoms with van der Waals surface area (Å²) in [6.07, 6.45) is 1.49. The topological polar surface area (TPSA) is 12.0 Å². The molecule has 0 saturated carbocycles. The normalized spacial score (nSPS) is 30.0. The first-order chi connectivity index (χ1) is 4.41. The van der Waals surface area contributed by atoms with E-state index in [2.05, 4.69) is 30.8 Å². The van der Waals surface area contributed by atoms with Crippen LogP contribution in [0.25, 0.3) is 0 Å². The molecule has 1 aliphatic heterocycles. The maximum Gasteiger partial charge on any atom is 0.112 e. The molecule has 0 unspecified atom stereocenters. The monoisotopic (exact) mass is 173 g/mol. The number of hydrogen-bond donors (Lipinski definition) is 1. The lowest BCUT2D eigenvalue weighted by atomic mass is 10.6. The van der Waals surface area contributed by atoms with E-state index in [0.717, 1.165) is 0 Å². The van der Waals surface area contributed by atoms with Crippen molar-refractivity contribution >= 4 is 16.5 Å². The Morgan fingerprint density at radius 3 is 1.50 bits per heavy atom. The van der Waals surface area contributed by atoms with Crippen LogP contribution >= 0.6 is 0 Å². The van der Waals surface area contributed by atoms with Gasteiger partial charge in [-0.3, -0.25) is 0 Å². The molecule has 1 heterocycles. The molecule has 1 rings (SSSR count). The molecular formula is C7H19NSi2. The minimum atomic E-state index is -0.914. The van der Waals surface area contributed by atoms with Crippen molar-refractivity contribution in [1.82, 2.24) is 4.65 Å². The number of nitrogens with one attached hydrogen (secondary N) is 1. The highest BCUT2D eigenvalue weighted by molar-refractivity contribution is 6.92. The van der Waals surface area contributed by atoms with Crippen LogP contribution in [0.1, 0.15) is 6.42 Å². The van der Waals surface area contributed by atoms with Crippen LogP contribution in [0.5, 0.6) is 0 Å². The van der Waals surface area contributed by atoms with Crippen molar-refractivity contribution in [2.24, 2.45) is 0 Å². The van der Waals surface area contributed by atoms with Crippen LogP contribution in [0.4, 0.5) is 0 Å². The Kier molecular flexibility index (Phi) is 2.09. The van der Waals surface area contributed by atoms with Gasteiger partial charge in [-0.05, 0) is 12.1 Å². The van der Waals surface area contributed by atoms with Gasteiger partial charge in [-0.2, -0.15) is 0 Å². The van der Waals surface area contributed by atoms with Gasteiger partial charge in [-0.15, -0.1) is 0 Å². The summed E-state index contributed by atoms with van der Waals surface area (Å²) in [5.41, 5.74) is 0. The molecule has 0 aromatic heterocycles. The fraction of sp³-hybridized carbons (Fsp3) is 1.00. The fourth-order valence-electron chi connectivity index (χ4n) is 2.01. The predicted molar refractivity (Wildman–Crippen MR) is 52.3 cm³/mol. The largest absolute Gasteiger partial charge is 0.359 e. The molecule has 0 amide bonds. The van der Waals surface area contributed by atoms with Crippen LogP contribution < -0.4 is 4.65 Å². The Hall–Kier alpha value is 0.394. The zero-order valence-electron chi connectivity index (χ0n) is 7.62. The maximum absolute atomic E-state index is 3.91. The van der Waals surface area contributed by atoms with E-state index in [4.69, 9.17) is 0 Å². The Morgan fingerprint density at radius 2 is 1.30 bits per heavy atom. The van der Waals surface area contributed by atoms with E-state index in [9.17, 15) is 0 Å². The van der Waals surface area contributed by atoms with Crippen LogP contribution in [0.3, 0.4) is 0 Å². The van der Waals surface area contributed by atoms with E-state index in [0.29, 0.717) is 0 Å². The van der Waals surface area contributed by atoms with E-state index in [1.54, 1.807) is 0 Å². The molecule has 10 heavy (non-hydrogen) atoms. The summed E-state index contributed by atoms with van der Waals surface area (Å²) in [6.45, 7) is 9.84. The quantitative estimate of drug-likeness (QED) is 0.555. The van der Waals surface area contributed by atoms with Crippen LogP contribution in [0, 0.1) is 0 Å². The van der Waals surface area contributed by atoms with Gasteiger partial charge >= 0.3 is 0 Å². The summed E-state index contributed by atoms with van der Waals surface area (Å²) >= 11 is 0. The fourth-order valence-corrected chi connectivity index (χ4v) is 12.8. The third-order valence-corrected chi connectivity index (χ3v) is 10.9. The minimum Gasteiger partial charge on any atom is -0.359 e. The van der Waals surface area contributed by atoms with Crippen LogP contribution in [0.2, 0.25) is 38.3 Å². The van der Waals surface area contributed by atoms with Crippen molar-refractivity contribution in [2.75, 3.05) is 0 Å². The van der Waals surface area contributed by atoms with Gasteiger partial charge in [0.05, 0.1) is 0 Å². The molecule has 0 aromatic rings. The van der Waals surface area contributed by atoms with Gasteiger partial charge < -0.3 is 4.65 Å². The first-order valence-electron chi connectivity index (χ1n) is 4.21. The highest BCUT2D eigenvalue weighted by Gasteiger charge is 2.34. The highest BCUT2D eigenvalue weighted by Crippen LogP contribution is 2.24. The summed E-state index contributed by atoms with van der Waals surface area (Å²) in [5.74, 6) is 0. The third-order valence-electron chi connectivity index (χ3n) is 2.28. The molecule has 1 saturated heterocycles. The van der Waals surface area contributed by atoms with Gasteiger partial charge in [0.25, 0.3) is 0 Å². The second-order valence-electron chi connectivity index (χ2n) is 4.75. The Labute approximate surface area is 66.4 Å². The summed E-state index contributed by atoms with van der Waals surface area (Å²) in [4.78, 5) is 0. The van der Waals surface area contributed by atoms with Gasteiger partial charge in [0.15, 0.2) is 0 Å². The van der Waals surface area contributed by atoms with Crippen LogP contribution in [-0.4, -0.2) is 16.5 Å². The summed E-state index contributed by atoms with van der Waals surface area (Å²) in [7, 11) is -1.83. The molecule has 60 valence electrons. The Balaban J connectivity index is 2.56. The van der Waals surface area contributed by atoms with Crippen molar-refractivity contribution in [1.29, 1.82) is 0 Å². The van der Waals surface area contributed by atoms with Crippen molar-refractivity contribution in [3.8, 4) is 0 Å². The van der Waals surface area contributed by atoms with Gasteiger partial charge in [0.1, 0.15) is 16.5 Å². The van der Waals surface area contributed by atoms with E-state index >= 15 is 0 Å². The molecule has 0 atom stereocenters. The SMILES string of the molecule is C[Si]1(C)CCC[Si](C)(C)N1. The molecule has 1 N–H and O–H groups in total. The Bertz CT molecular complexity index is 118. The average molecular weight is 173 g/mol. The zero-order valence-corrected chi connectivity index (χ0v) is 9.62.